The van der Waals surface area contributed by atoms with Crippen LogP contribution in [0, 0.1) is 15.5 Å². The number of nitro groups is 1. The van der Waals surface area contributed by atoms with Gasteiger partial charge in [-0.1, -0.05) is 20.3 Å². The number of carbonyl (C=O) groups excluding carboxylic acids is 1. The van der Waals surface area contributed by atoms with Crippen LogP contribution in [-0.4, -0.2) is 33.8 Å². The van der Waals surface area contributed by atoms with Gasteiger partial charge in [-0.25, -0.2) is 4.98 Å². The highest BCUT2D eigenvalue weighted by Crippen LogP contribution is 2.34. The molecule has 1 amide bonds. The first-order chi connectivity index (χ1) is 9.86. The van der Waals surface area contributed by atoms with E-state index in [0.29, 0.717) is 13.1 Å². The fourth-order valence-corrected chi connectivity index (χ4v) is 2.51. The maximum atomic E-state index is 12.5. The quantitative estimate of drug-likeness (QED) is 0.679. The van der Waals surface area contributed by atoms with Gasteiger partial charge in [-0.2, -0.15) is 0 Å². The predicted octanol–water partition coefficient (Wildman–Crippen LogP) is 2.22. The molecule has 1 aromatic rings. The number of anilines is 1. The van der Waals surface area contributed by atoms with Crippen LogP contribution in [0.1, 0.15) is 43.5 Å². The molecule has 0 atom stereocenters. The number of rotatable bonds is 3. The number of amides is 1. The van der Waals surface area contributed by atoms with E-state index in [0.717, 1.165) is 25.5 Å². The summed E-state index contributed by atoms with van der Waals surface area (Å²) in [6, 6.07) is 1.21. The molecule has 1 aliphatic heterocycles. The molecule has 2 rings (SSSR count). The molecular formula is C14H20N4O3. The Labute approximate surface area is 123 Å². The molecule has 114 valence electrons. The van der Waals surface area contributed by atoms with Crippen molar-refractivity contribution in [1.82, 2.24) is 9.88 Å². The van der Waals surface area contributed by atoms with Gasteiger partial charge in [-0.3, -0.25) is 14.9 Å². The monoisotopic (exact) mass is 292 g/mol. The number of carbonyl (C=O) groups is 1. The molecule has 1 fully saturated rings. The van der Waals surface area contributed by atoms with Crippen molar-refractivity contribution in [1.29, 1.82) is 0 Å². The molecule has 1 aromatic heterocycles. The molecule has 1 aliphatic rings. The van der Waals surface area contributed by atoms with Crippen LogP contribution in [0.4, 0.5) is 11.5 Å². The SMILES string of the molecule is CCC1(C)CCN(C(=O)c2cc([N+](=O)[O-])cnc2N)CC1. The minimum Gasteiger partial charge on any atom is -0.383 e. The van der Waals surface area contributed by atoms with Crippen LogP contribution in [0.5, 0.6) is 0 Å². The largest absolute Gasteiger partial charge is 0.383 e. The zero-order valence-electron chi connectivity index (χ0n) is 12.3. The highest BCUT2D eigenvalue weighted by molar-refractivity contribution is 5.98. The smallest absolute Gasteiger partial charge is 0.288 e. The Morgan fingerprint density at radius 1 is 1.52 bits per heavy atom. The van der Waals surface area contributed by atoms with Crippen molar-refractivity contribution < 1.29 is 9.72 Å². The summed E-state index contributed by atoms with van der Waals surface area (Å²) in [5, 5.41) is 10.8. The van der Waals surface area contributed by atoms with Crippen LogP contribution in [0.3, 0.4) is 0 Å². The second-order valence-electron chi connectivity index (χ2n) is 5.84. The van der Waals surface area contributed by atoms with Gasteiger partial charge in [0.1, 0.15) is 12.0 Å². The highest BCUT2D eigenvalue weighted by atomic mass is 16.6. The van der Waals surface area contributed by atoms with Crippen molar-refractivity contribution in [3.63, 3.8) is 0 Å². The predicted molar refractivity (Wildman–Crippen MR) is 78.8 cm³/mol. The van der Waals surface area contributed by atoms with E-state index in [9.17, 15) is 14.9 Å². The Balaban J connectivity index is 2.18. The van der Waals surface area contributed by atoms with Crippen LogP contribution in [0.2, 0.25) is 0 Å². The molecule has 0 aromatic carbocycles. The Kier molecular flexibility index (Phi) is 4.11. The van der Waals surface area contributed by atoms with Gasteiger partial charge in [0.05, 0.1) is 10.5 Å². The number of piperidine rings is 1. The summed E-state index contributed by atoms with van der Waals surface area (Å²) in [7, 11) is 0. The number of likely N-dealkylation sites (tertiary alicyclic amines) is 1. The van der Waals surface area contributed by atoms with Gasteiger partial charge in [0, 0.05) is 19.2 Å². The van der Waals surface area contributed by atoms with E-state index in [4.69, 9.17) is 5.73 Å². The fourth-order valence-electron chi connectivity index (χ4n) is 2.51. The summed E-state index contributed by atoms with van der Waals surface area (Å²) in [6.07, 6.45) is 4.00. The van der Waals surface area contributed by atoms with E-state index in [1.807, 2.05) is 0 Å². The molecule has 0 unspecified atom stereocenters. The van der Waals surface area contributed by atoms with Gasteiger partial charge < -0.3 is 10.6 Å². The number of hydrogen-bond acceptors (Lipinski definition) is 5. The minimum absolute atomic E-state index is 0.0365. The van der Waals surface area contributed by atoms with E-state index in [1.54, 1.807) is 4.90 Å². The standard InChI is InChI=1S/C14H20N4O3/c1-3-14(2)4-6-17(7-5-14)13(19)11-8-10(18(20)21)9-16-12(11)15/h8-9H,3-7H2,1-2H3,(H2,15,16). The first kappa shape index (κ1) is 15.2. The third kappa shape index (κ3) is 3.12. The third-order valence-electron chi connectivity index (χ3n) is 4.46. The van der Waals surface area contributed by atoms with E-state index in [1.165, 1.54) is 6.07 Å². The first-order valence-corrected chi connectivity index (χ1v) is 7.05. The summed E-state index contributed by atoms with van der Waals surface area (Å²) in [6.45, 7) is 5.66. The Hall–Kier alpha value is -2.18. The van der Waals surface area contributed by atoms with Gasteiger partial charge in [-0.15, -0.1) is 0 Å². The molecule has 0 spiro atoms. The molecule has 7 heteroatoms. The summed E-state index contributed by atoms with van der Waals surface area (Å²) < 4.78 is 0. The minimum atomic E-state index is -0.576. The first-order valence-electron chi connectivity index (χ1n) is 7.05. The lowest BCUT2D eigenvalue weighted by molar-refractivity contribution is -0.385. The lowest BCUT2D eigenvalue weighted by atomic mass is 9.78. The van der Waals surface area contributed by atoms with Gasteiger partial charge in [-0.05, 0) is 18.3 Å². The molecule has 0 saturated carbocycles. The number of pyridine rings is 1. The summed E-state index contributed by atoms with van der Waals surface area (Å²) in [4.78, 5) is 28.1. The molecular weight excluding hydrogens is 272 g/mol. The third-order valence-corrected chi connectivity index (χ3v) is 4.46. The molecule has 0 aliphatic carbocycles. The van der Waals surface area contributed by atoms with Crippen molar-refractivity contribution in [2.45, 2.75) is 33.1 Å². The van der Waals surface area contributed by atoms with Gasteiger partial charge in [0.2, 0.25) is 0 Å². The molecule has 0 radical (unpaired) electrons. The molecule has 0 bridgehead atoms. The zero-order valence-corrected chi connectivity index (χ0v) is 12.3. The maximum absolute atomic E-state index is 12.5. The lowest BCUT2D eigenvalue weighted by Gasteiger charge is -2.38. The number of nitrogen functional groups attached to an aromatic ring is 1. The number of nitrogens with zero attached hydrogens (tertiary/aromatic N) is 3. The summed E-state index contributed by atoms with van der Waals surface area (Å²) >= 11 is 0. The second-order valence-corrected chi connectivity index (χ2v) is 5.84. The average molecular weight is 292 g/mol. The Morgan fingerprint density at radius 2 is 2.14 bits per heavy atom. The van der Waals surface area contributed by atoms with Crippen LogP contribution in [-0.2, 0) is 0 Å². The fraction of sp³-hybridized carbons (Fsp3) is 0.571. The molecule has 21 heavy (non-hydrogen) atoms. The molecule has 2 heterocycles. The van der Waals surface area contributed by atoms with Crippen molar-refractivity contribution in [2.75, 3.05) is 18.8 Å². The van der Waals surface area contributed by atoms with Crippen LogP contribution >= 0.6 is 0 Å². The number of aromatic nitrogens is 1. The van der Waals surface area contributed by atoms with Gasteiger partial charge >= 0.3 is 0 Å². The number of hydrogen-bond donors (Lipinski definition) is 1. The van der Waals surface area contributed by atoms with Crippen molar-refractivity contribution >= 4 is 17.4 Å². The Morgan fingerprint density at radius 3 is 2.67 bits per heavy atom. The summed E-state index contributed by atoms with van der Waals surface area (Å²) in [5.74, 6) is -0.240. The summed E-state index contributed by atoms with van der Waals surface area (Å²) in [5.41, 5.74) is 5.86. The van der Waals surface area contributed by atoms with Crippen molar-refractivity contribution in [2.24, 2.45) is 5.41 Å². The average Bonchev–Trinajstić information content (AvgIpc) is 2.47. The normalized spacial score (nSPS) is 17.5. The topological polar surface area (TPSA) is 102 Å². The van der Waals surface area contributed by atoms with Gasteiger partial charge in [0.25, 0.3) is 11.6 Å². The maximum Gasteiger partial charge on any atom is 0.288 e. The van der Waals surface area contributed by atoms with E-state index < -0.39 is 4.92 Å². The molecule has 2 N–H and O–H groups in total. The van der Waals surface area contributed by atoms with E-state index >= 15 is 0 Å². The highest BCUT2D eigenvalue weighted by Gasteiger charge is 2.31. The van der Waals surface area contributed by atoms with E-state index in [2.05, 4.69) is 18.8 Å². The molecule has 7 nitrogen and oxygen atoms in total. The van der Waals surface area contributed by atoms with Gasteiger partial charge in [0.15, 0.2) is 0 Å². The van der Waals surface area contributed by atoms with E-state index in [-0.39, 0.29) is 28.4 Å². The van der Waals surface area contributed by atoms with Crippen molar-refractivity contribution in [3.8, 4) is 0 Å². The second kappa shape index (κ2) is 5.67. The van der Waals surface area contributed by atoms with Crippen LogP contribution in [0.25, 0.3) is 0 Å². The van der Waals surface area contributed by atoms with Crippen LogP contribution in [0.15, 0.2) is 12.3 Å². The zero-order chi connectivity index (χ0) is 15.6. The van der Waals surface area contributed by atoms with Crippen LogP contribution < -0.4 is 5.73 Å². The lowest BCUT2D eigenvalue weighted by Crippen LogP contribution is -2.42. The molecule has 1 saturated heterocycles. The number of nitrogens with two attached hydrogens (primary N) is 1. The Bertz CT molecular complexity index is 565. The van der Waals surface area contributed by atoms with Crippen molar-refractivity contribution in [3.05, 3.63) is 27.9 Å².